The van der Waals surface area contributed by atoms with Crippen molar-refractivity contribution in [1.29, 1.82) is 0 Å². The number of hydrogen-bond donors (Lipinski definition) is 2. The molecule has 7 heteroatoms. The number of primary amides is 1. The van der Waals surface area contributed by atoms with E-state index in [2.05, 4.69) is 0 Å². The highest BCUT2D eigenvalue weighted by atomic mass is 35.5. The maximum absolute atomic E-state index is 13.4. The predicted molar refractivity (Wildman–Crippen MR) is 71.9 cm³/mol. The van der Waals surface area contributed by atoms with Crippen LogP contribution in [0, 0.1) is 5.82 Å². The van der Waals surface area contributed by atoms with Crippen molar-refractivity contribution in [3.63, 3.8) is 0 Å². The van der Waals surface area contributed by atoms with Crippen molar-refractivity contribution in [3.05, 3.63) is 35.6 Å². The van der Waals surface area contributed by atoms with Crippen LogP contribution in [0.2, 0.25) is 0 Å². The van der Waals surface area contributed by atoms with Gasteiger partial charge in [0.05, 0.1) is 12.5 Å². The number of halogens is 2. The molecule has 106 valence electrons. The molecule has 19 heavy (non-hydrogen) atoms. The van der Waals surface area contributed by atoms with E-state index in [-0.39, 0.29) is 31.2 Å². The second-order valence-electron chi connectivity index (χ2n) is 4.06. The molecule has 0 aliphatic heterocycles. The lowest BCUT2D eigenvalue weighted by Crippen LogP contribution is -2.43. The van der Waals surface area contributed by atoms with Crippen LogP contribution in [0.1, 0.15) is 12.0 Å². The minimum Gasteiger partial charge on any atom is -0.370 e. The fraction of sp³-hybridized carbons (Fsp3) is 0.333. The molecule has 0 saturated carbocycles. The summed E-state index contributed by atoms with van der Waals surface area (Å²) < 4.78 is 13.4. The van der Waals surface area contributed by atoms with Gasteiger partial charge in [0.2, 0.25) is 11.8 Å². The Kier molecular flexibility index (Phi) is 7.03. The molecule has 0 aliphatic carbocycles. The number of benzene rings is 1. The summed E-state index contributed by atoms with van der Waals surface area (Å²) in [7, 11) is 1.50. The molecule has 1 aromatic rings. The standard InChI is InChI=1S/C12H16FN3O2.ClH/c1-16(12(18)10(14)6-11(15)17)7-8-4-2-3-5-9(8)13;/h2-5,10H,6-7,14H2,1H3,(H2,15,17);1H. The monoisotopic (exact) mass is 289 g/mol. The molecule has 0 fully saturated rings. The second kappa shape index (κ2) is 7.70. The summed E-state index contributed by atoms with van der Waals surface area (Å²) in [6.07, 6.45) is -0.222. The SMILES string of the molecule is CN(Cc1ccccc1F)C(=O)C(N)CC(N)=O.Cl. The highest BCUT2D eigenvalue weighted by molar-refractivity contribution is 5.87. The Morgan fingerprint density at radius 2 is 1.95 bits per heavy atom. The van der Waals surface area contributed by atoms with Crippen molar-refractivity contribution in [1.82, 2.24) is 4.90 Å². The van der Waals surface area contributed by atoms with Gasteiger partial charge in [0.15, 0.2) is 0 Å². The summed E-state index contributed by atoms with van der Waals surface area (Å²) in [6.45, 7) is 0.0952. The molecule has 2 amide bonds. The van der Waals surface area contributed by atoms with E-state index in [4.69, 9.17) is 11.5 Å². The Morgan fingerprint density at radius 1 is 1.37 bits per heavy atom. The molecule has 0 heterocycles. The summed E-state index contributed by atoms with van der Waals surface area (Å²) in [5.41, 5.74) is 10.9. The third-order valence-electron chi connectivity index (χ3n) is 2.48. The molecule has 1 rings (SSSR count). The Bertz CT molecular complexity index is 456. The Hall–Kier alpha value is -1.66. The van der Waals surface area contributed by atoms with Crippen LogP contribution in [-0.2, 0) is 16.1 Å². The topological polar surface area (TPSA) is 89.4 Å². The van der Waals surface area contributed by atoms with E-state index < -0.39 is 17.9 Å². The van der Waals surface area contributed by atoms with Gasteiger partial charge in [-0.3, -0.25) is 9.59 Å². The molecule has 1 aromatic carbocycles. The van der Waals surface area contributed by atoms with E-state index in [0.29, 0.717) is 5.56 Å². The normalized spacial score (nSPS) is 11.3. The first-order valence-electron chi connectivity index (χ1n) is 5.44. The molecular formula is C12H17ClFN3O2. The number of nitrogens with two attached hydrogens (primary N) is 2. The third-order valence-corrected chi connectivity index (χ3v) is 2.48. The van der Waals surface area contributed by atoms with Crippen LogP contribution < -0.4 is 11.5 Å². The molecule has 0 bridgehead atoms. The lowest BCUT2D eigenvalue weighted by atomic mass is 10.1. The summed E-state index contributed by atoms with van der Waals surface area (Å²) in [5.74, 6) is -1.48. The quantitative estimate of drug-likeness (QED) is 0.823. The smallest absolute Gasteiger partial charge is 0.240 e. The van der Waals surface area contributed by atoms with Gasteiger partial charge in [-0.15, -0.1) is 12.4 Å². The van der Waals surface area contributed by atoms with E-state index in [1.165, 1.54) is 18.0 Å². The molecule has 0 aliphatic rings. The van der Waals surface area contributed by atoms with Crippen LogP contribution >= 0.6 is 12.4 Å². The molecule has 1 atom stereocenters. The predicted octanol–water partition coefficient (Wildman–Crippen LogP) is 0.409. The highest BCUT2D eigenvalue weighted by Gasteiger charge is 2.20. The van der Waals surface area contributed by atoms with Gasteiger partial charge in [0.1, 0.15) is 5.82 Å². The van der Waals surface area contributed by atoms with Gasteiger partial charge in [0.25, 0.3) is 0 Å². The number of amides is 2. The first-order chi connectivity index (χ1) is 8.41. The van der Waals surface area contributed by atoms with Crippen LogP contribution in [0.15, 0.2) is 24.3 Å². The summed E-state index contributed by atoms with van der Waals surface area (Å²) in [6, 6.07) is 5.16. The largest absolute Gasteiger partial charge is 0.370 e. The van der Waals surface area contributed by atoms with Gasteiger partial charge in [0, 0.05) is 19.2 Å². The Labute approximate surface area is 117 Å². The first-order valence-corrected chi connectivity index (χ1v) is 5.44. The average Bonchev–Trinajstić information content (AvgIpc) is 2.30. The zero-order valence-electron chi connectivity index (χ0n) is 10.5. The molecule has 4 N–H and O–H groups in total. The van der Waals surface area contributed by atoms with Crippen LogP contribution in [0.3, 0.4) is 0 Å². The molecular weight excluding hydrogens is 273 g/mol. The Morgan fingerprint density at radius 3 is 2.47 bits per heavy atom. The van der Waals surface area contributed by atoms with Crippen molar-refractivity contribution in [2.75, 3.05) is 7.05 Å². The lowest BCUT2D eigenvalue weighted by Gasteiger charge is -2.21. The number of rotatable bonds is 5. The van der Waals surface area contributed by atoms with E-state index in [1.807, 2.05) is 0 Å². The van der Waals surface area contributed by atoms with Gasteiger partial charge in [-0.1, -0.05) is 18.2 Å². The summed E-state index contributed by atoms with van der Waals surface area (Å²) in [4.78, 5) is 23.7. The van der Waals surface area contributed by atoms with Gasteiger partial charge in [-0.2, -0.15) is 0 Å². The van der Waals surface area contributed by atoms with Crippen molar-refractivity contribution in [3.8, 4) is 0 Å². The van der Waals surface area contributed by atoms with Gasteiger partial charge >= 0.3 is 0 Å². The average molecular weight is 290 g/mol. The van der Waals surface area contributed by atoms with Crippen molar-refractivity contribution < 1.29 is 14.0 Å². The summed E-state index contributed by atoms with van der Waals surface area (Å²) in [5, 5.41) is 0. The fourth-order valence-electron chi connectivity index (χ4n) is 1.55. The first kappa shape index (κ1) is 17.3. The molecule has 0 saturated heterocycles. The zero-order valence-corrected chi connectivity index (χ0v) is 11.3. The minimum absolute atomic E-state index is 0. The number of carbonyl (C=O) groups is 2. The maximum Gasteiger partial charge on any atom is 0.240 e. The van der Waals surface area contributed by atoms with E-state index >= 15 is 0 Å². The third kappa shape index (κ3) is 5.23. The van der Waals surface area contributed by atoms with Crippen LogP contribution in [0.25, 0.3) is 0 Å². The van der Waals surface area contributed by atoms with E-state index in [9.17, 15) is 14.0 Å². The molecule has 0 radical (unpaired) electrons. The van der Waals surface area contributed by atoms with Crippen LogP contribution in [0.5, 0.6) is 0 Å². The van der Waals surface area contributed by atoms with E-state index in [1.54, 1.807) is 18.2 Å². The lowest BCUT2D eigenvalue weighted by molar-refractivity contribution is -0.134. The minimum atomic E-state index is -0.987. The van der Waals surface area contributed by atoms with Crippen molar-refractivity contribution >= 4 is 24.2 Å². The highest BCUT2D eigenvalue weighted by Crippen LogP contribution is 2.09. The summed E-state index contributed by atoms with van der Waals surface area (Å²) >= 11 is 0. The second-order valence-corrected chi connectivity index (χ2v) is 4.06. The van der Waals surface area contributed by atoms with Gasteiger partial charge in [-0.05, 0) is 6.07 Å². The molecule has 0 spiro atoms. The van der Waals surface area contributed by atoms with Gasteiger partial charge in [-0.25, -0.2) is 4.39 Å². The van der Waals surface area contributed by atoms with Crippen molar-refractivity contribution in [2.24, 2.45) is 11.5 Å². The number of carbonyl (C=O) groups excluding carboxylic acids is 2. The maximum atomic E-state index is 13.4. The zero-order chi connectivity index (χ0) is 13.7. The number of likely N-dealkylation sites (N-methyl/N-ethyl adjacent to an activating group) is 1. The number of nitrogens with zero attached hydrogens (tertiary/aromatic N) is 1. The van der Waals surface area contributed by atoms with Crippen LogP contribution in [-0.4, -0.2) is 29.8 Å². The molecule has 1 unspecified atom stereocenters. The fourth-order valence-corrected chi connectivity index (χ4v) is 1.55. The molecule has 5 nitrogen and oxygen atoms in total. The van der Waals surface area contributed by atoms with E-state index in [0.717, 1.165) is 0 Å². The Balaban J connectivity index is 0.00000324. The number of hydrogen-bond acceptors (Lipinski definition) is 3. The van der Waals surface area contributed by atoms with Gasteiger partial charge < -0.3 is 16.4 Å². The van der Waals surface area contributed by atoms with Crippen molar-refractivity contribution in [2.45, 2.75) is 19.0 Å². The molecule has 0 aromatic heterocycles. The van der Waals surface area contributed by atoms with Crippen LogP contribution in [0.4, 0.5) is 4.39 Å².